The molecule has 2 N–H and O–H groups in total. The summed E-state index contributed by atoms with van der Waals surface area (Å²) in [6.07, 6.45) is 6.93. The molecule has 0 aliphatic carbocycles. The number of aromatic nitrogens is 5. The average molecular weight is 620 g/mol. The van der Waals surface area contributed by atoms with Crippen LogP contribution in [-0.4, -0.2) is 91.1 Å². The molecule has 0 unspecified atom stereocenters. The van der Waals surface area contributed by atoms with Crippen molar-refractivity contribution in [1.29, 1.82) is 0 Å². The summed E-state index contributed by atoms with van der Waals surface area (Å²) in [5.74, 6) is 0.628. The van der Waals surface area contributed by atoms with E-state index in [1.165, 1.54) is 6.08 Å². The lowest BCUT2D eigenvalue weighted by atomic mass is 10.2. The second-order valence-corrected chi connectivity index (χ2v) is 17.9. The molecular weight excluding hydrogens is 574 g/mol. The van der Waals surface area contributed by atoms with Crippen molar-refractivity contribution in [2.45, 2.75) is 32.4 Å². The number of hydrogen-bond acceptors (Lipinski definition) is 9. The van der Waals surface area contributed by atoms with Crippen LogP contribution in [0.5, 0.6) is 5.75 Å². The number of ether oxygens (including phenoxy) is 2. The van der Waals surface area contributed by atoms with E-state index in [2.05, 4.69) is 51.8 Å². The fourth-order valence-corrected chi connectivity index (χ4v) is 5.31. The highest BCUT2D eigenvalue weighted by atomic mass is 28.3. The number of carbonyl (C=O) groups excluding carboxylic acids is 1. The molecule has 0 aliphatic rings. The first-order chi connectivity index (χ1) is 20.9. The Labute approximate surface area is 260 Å². The van der Waals surface area contributed by atoms with E-state index < -0.39 is 8.07 Å². The monoisotopic (exact) mass is 619 g/mol. The maximum Gasteiger partial charge on any atom is 0.247 e. The van der Waals surface area contributed by atoms with Gasteiger partial charge in [0, 0.05) is 71.3 Å². The van der Waals surface area contributed by atoms with Crippen LogP contribution in [0.4, 0.5) is 23.0 Å². The molecular formula is C31H45N9O3Si. The molecule has 236 valence electrons. The third-order valence-electron chi connectivity index (χ3n) is 7.13. The number of nitrogens with zero attached hydrogens (tertiary/aromatic N) is 7. The van der Waals surface area contributed by atoms with Crippen LogP contribution in [-0.2, 0) is 23.3 Å². The minimum atomic E-state index is -1.21. The first-order valence-corrected chi connectivity index (χ1v) is 18.3. The average Bonchev–Trinajstić information content (AvgIpc) is 3.59. The Morgan fingerprint density at radius 2 is 1.91 bits per heavy atom. The minimum absolute atomic E-state index is 0.313. The number of fused-ring (bicyclic) bond motifs is 1. The van der Waals surface area contributed by atoms with Crippen molar-refractivity contribution in [2.24, 2.45) is 7.05 Å². The quantitative estimate of drug-likeness (QED) is 0.108. The number of carbonyl (C=O) groups is 1. The van der Waals surface area contributed by atoms with E-state index in [-0.39, 0.29) is 5.91 Å². The maximum atomic E-state index is 12.4. The Morgan fingerprint density at radius 1 is 1.14 bits per heavy atom. The van der Waals surface area contributed by atoms with Gasteiger partial charge in [-0.05, 0) is 38.3 Å². The predicted molar refractivity (Wildman–Crippen MR) is 181 cm³/mol. The van der Waals surface area contributed by atoms with Crippen molar-refractivity contribution >= 4 is 48.0 Å². The summed E-state index contributed by atoms with van der Waals surface area (Å²) in [6, 6.07) is 6.81. The molecule has 0 radical (unpaired) electrons. The zero-order valence-corrected chi connectivity index (χ0v) is 28.1. The molecule has 44 heavy (non-hydrogen) atoms. The van der Waals surface area contributed by atoms with E-state index in [9.17, 15) is 4.79 Å². The lowest BCUT2D eigenvalue weighted by Gasteiger charge is -2.26. The molecule has 0 bridgehead atoms. The van der Waals surface area contributed by atoms with Crippen LogP contribution >= 0.6 is 0 Å². The van der Waals surface area contributed by atoms with E-state index >= 15 is 0 Å². The van der Waals surface area contributed by atoms with Gasteiger partial charge in [0.1, 0.15) is 18.1 Å². The third kappa shape index (κ3) is 8.24. The topological polar surface area (TPSA) is 115 Å². The molecule has 0 spiro atoms. The minimum Gasteiger partial charge on any atom is -0.494 e. The first kappa shape index (κ1) is 32.7. The molecule has 12 nitrogen and oxygen atoms in total. The number of hydrogen-bond donors (Lipinski definition) is 2. The van der Waals surface area contributed by atoms with Crippen LogP contribution in [0.15, 0.2) is 49.4 Å². The molecule has 0 saturated heterocycles. The molecule has 3 heterocycles. The molecule has 13 heteroatoms. The summed E-state index contributed by atoms with van der Waals surface area (Å²) in [6.45, 7) is 13.3. The molecule has 0 saturated carbocycles. The Hall–Kier alpha value is -4.20. The number of benzene rings is 1. The summed E-state index contributed by atoms with van der Waals surface area (Å²) in [5, 5.41) is 11.6. The van der Waals surface area contributed by atoms with Gasteiger partial charge in [0.2, 0.25) is 11.9 Å². The Morgan fingerprint density at radius 3 is 2.55 bits per heavy atom. The van der Waals surface area contributed by atoms with Gasteiger partial charge in [-0.1, -0.05) is 26.2 Å². The van der Waals surface area contributed by atoms with Crippen molar-refractivity contribution in [2.75, 3.05) is 63.5 Å². The molecule has 3 aromatic heterocycles. The number of nitrogens with one attached hydrogen (secondary N) is 2. The lowest BCUT2D eigenvalue weighted by Crippen LogP contribution is -2.29. The van der Waals surface area contributed by atoms with Gasteiger partial charge in [0.05, 0.1) is 36.1 Å². The number of amides is 1. The van der Waals surface area contributed by atoms with Crippen molar-refractivity contribution in [3.05, 3.63) is 49.4 Å². The second-order valence-electron chi connectivity index (χ2n) is 12.3. The third-order valence-corrected chi connectivity index (χ3v) is 8.83. The molecule has 1 aromatic carbocycles. The van der Waals surface area contributed by atoms with Crippen LogP contribution in [0, 0.1) is 0 Å². The molecule has 4 rings (SSSR count). The van der Waals surface area contributed by atoms with Gasteiger partial charge in [-0.2, -0.15) is 10.1 Å². The highest BCUT2D eigenvalue weighted by Crippen LogP contribution is 2.38. The van der Waals surface area contributed by atoms with Gasteiger partial charge in [-0.15, -0.1) is 0 Å². The molecule has 0 aliphatic heterocycles. The van der Waals surface area contributed by atoms with Gasteiger partial charge in [-0.3, -0.25) is 9.48 Å². The van der Waals surface area contributed by atoms with Crippen LogP contribution in [0.25, 0.3) is 22.3 Å². The summed E-state index contributed by atoms with van der Waals surface area (Å²) in [7, 11) is 8.30. The highest BCUT2D eigenvalue weighted by Gasteiger charge is 2.19. The van der Waals surface area contributed by atoms with Crippen LogP contribution in [0.1, 0.15) is 0 Å². The zero-order chi connectivity index (χ0) is 32.0. The van der Waals surface area contributed by atoms with E-state index in [1.807, 2.05) is 63.4 Å². The van der Waals surface area contributed by atoms with E-state index in [1.54, 1.807) is 18.0 Å². The lowest BCUT2D eigenvalue weighted by molar-refractivity contribution is -0.111. The Bertz CT molecular complexity index is 1610. The summed E-state index contributed by atoms with van der Waals surface area (Å²) in [4.78, 5) is 26.4. The van der Waals surface area contributed by atoms with Gasteiger partial charge >= 0.3 is 0 Å². The number of methoxy groups -OCH3 is 1. The van der Waals surface area contributed by atoms with E-state index in [4.69, 9.17) is 19.4 Å². The van der Waals surface area contributed by atoms with Crippen molar-refractivity contribution < 1.29 is 14.3 Å². The van der Waals surface area contributed by atoms with Crippen LogP contribution in [0.3, 0.4) is 0 Å². The number of aryl methyl sites for hydroxylation is 1. The van der Waals surface area contributed by atoms with Gasteiger partial charge in [-0.25, -0.2) is 4.98 Å². The Kier molecular flexibility index (Phi) is 10.4. The summed E-state index contributed by atoms with van der Waals surface area (Å²) in [5.41, 5.74) is 4.34. The SMILES string of the molecule is C=CC(=O)Nc1cc(Nc2nc(-c3cnn(C)c3)c3ccn(COCC[Si](C)(C)C)c3n2)c(OC)cc1N(C)CCN(C)C. The maximum absolute atomic E-state index is 12.4. The zero-order valence-electron chi connectivity index (χ0n) is 27.1. The van der Waals surface area contributed by atoms with Gasteiger partial charge < -0.3 is 34.5 Å². The largest absolute Gasteiger partial charge is 0.494 e. The summed E-state index contributed by atoms with van der Waals surface area (Å²) < 4.78 is 15.6. The molecule has 0 atom stereocenters. The smallest absolute Gasteiger partial charge is 0.247 e. The van der Waals surface area contributed by atoms with Gasteiger partial charge in [0.15, 0.2) is 0 Å². The Balaban J connectivity index is 1.75. The van der Waals surface area contributed by atoms with Crippen molar-refractivity contribution in [3.8, 4) is 17.0 Å². The molecule has 4 aromatic rings. The number of rotatable bonds is 15. The van der Waals surface area contributed by atoms with Crippen molar-refractivity contribution in [3.63, 3.8) is 0 Å². The first-order valence-electron chi connectivity index (χ1n) is 14.6. The normalized spacial score (nSPS) is 11.7. The predicted octanol–water partition coefficient (Wildman–Crippen LogP) is 5.02. The van der Waals surface area contributed by atoms with E-state index in [0.29, 0.717) is 36.4 Å². The standard InChI is InChI=1S/C31H45N9O3Si/c1-10-28(41)33-24-17-25(27(42-6)18-26(24)38(4)14-13-37(2)3)34-31-35-29(22-19-32-39(5)20-22)23-11-12-40(30(23)36-31)21-43-15-16-44(7,8)9/h10-12,17-20H,1,13-16,21H2,2-9H3,(H,33,41)(H,34,35,36). The van der Waals surface area contributed by atoms with E-state index in [0.717, 1.165) is 47.1 Å². The summed E-state index contributed by atoms with van der Waals surface area (Å²) >= 11 is 0. The number of anilines is 4. The van der Waals surface area contributed by atoms with Crippen LogP contribution < -0.4 is 20.3 Å². The fraction of sp³-hybridized carbons (Fsp3) is 0.419. The molecule has 1 amide bonds. The number of likely N-dealkylation sites (N-methyl/N-ethyl adjacent to an activating group) is 2. The fourth-order valence-electron chi connectivity index (χ4n) is 4.56. The highest BCUT2D eigenvalue weighted by molar-refractivity contribution is 6.76. The second kappa shape index (κ2) is 14.1. The van der Waals surface area contributed by atoms with Gasteiger partial charge in [0.25, 0.3) is 0 Å². The van der Waals surface area contributed by atoms with Crippen LogP contribution in [0.2, 0.25) is 25.7 Å². The van der Waals surface area contributed by atoms with Crippen molar-refractivity contribution in [1.82, 2.24) is 29.2 Å². The molecule has 0 fully saturated rings.